The highest BCUT2D eigenvalue weighted by Crippen LogP contribution is 2.18. The Bertz CT molecular complexity index is 1070. The third kappa shape index (κ3) is 49.0. The van der Waals surface area contributed by atoms with Gasteiger partial charge in [-0.25, -0.2) is 0 Å². The van der Waals surface area contributed by atoms with Crippen LogP contribution in [-0.4, -0.2) is 82.1 Å². The van der Waals surface area contributed by atoms with Gasteiger partial charge in [-0.2, -0.15) is 0 Å². The molecule has 67 heavy (non-hydrogen) atoms. The molecule has 0 spiro atoms. The number of aliphatic hydroxyl groups is 4. The van der Waals surface area contributed by atoms with Gasteiger partial charge in [0.15, 0.2) is 6.10 Å². The molecular formula is C57H110O10. The largest absolute Gasteiger partial charge is 0.462 e. The van der Waals surface area contributed by atoms with Crippen LogP contribution in [0.4, 0.5) is 0 Å². The first-order valence-electron chi connectivity index (χ1n) is 28.8. The van der Waals surface area contributed by atoms with Gasteiger partial charge in [0.2, 0.25) is 0 Å². The predicted molar refractivity (Wildman–Crippen MR) is 276 cm³/mol. The molecule has 5 unspecified atom stereocenters. The van der Waals surface area contributed by atoms with E-state index >= 15 is 0 Å². The maximum atomic E-state index is 12.9. The molecular weight excluding hydrogens is 845 g/mol. The minimum absolute atomic E-state index is 0.141. The van der Waals surface area contributed by atoms with Gasteiger partial charge in [0.1, 0.15) is 13.2 Å². The Labute approximate surface area is 412 Å². The average Bonchev–Trinajstić information content (AvgIpc) is 3.31. The van der Waals surface area contributed by atoms with Crippen LogP contribution in [0.25, 0.3) is 0 Å². The zero-order valence-electron chi connectivity index (χ0n) is 44.2. The van der Waals surface area contributed by atoms with Crippen LogP contribution in [0, 0.1) is 0 Å². The number of aliphatic hydroxyl groups excluding tert-OH is 4. The lowest BCUT2D eigenvalue weighted by molar-refractivity contribution is -0.167. The second kappa shape index (κ2) is 50.6. The highest BCUT2D eigenvalue weighted by Gasteiger charge is 2.20. The van der Waals surface area contributed by atoms with Crippen molar-refractivity contribution in [3.8, 4) is 0 Å². The van der Waals surface area contributed by atoms with Crippen molar-refractivity contribution >= 4 is 17.9 Å². The molecule has 0 aromatic heterocycles. The molecule has 10 heteroatoms. The maximum Gasteiger partial charge on any atom is 0.306 e. The Morgan fingerprint density at radius 3 is 0.836 bits per heavy atom. The van der Waals surface area contributed by atoms with E-state index < -0.39 is 6.10 Å². The van der Waals surface area contributed by atoms with Gasteiger partial charge in [-0.05, 0) is 70.6 Å². The molecule has 0 aromatic carbocycles. The molecule has 0 radical (unpaired) electrons. The topological polar surface area (TPSA) is 160 Å². The Kier molecular flexibility index (Phi) is 49.3. The van der Waals surface area contributed by atoms with Crippen LogP contribution in [0.1, 0.15) is 303 Å². The molecule has 10 nitrogen and oxygen atoms in total. The molecule has 0 saturated carbocycles. The second-order valence-electron chi connectivity index (χ2n) is 20.3. The quantitative estimate of drug-likeness (QED) is 0.0262. The van der Waals surface area contributed by atoms with Crippen molar-refractivity contribution in [2.24, 2.45) is 0 Å². The summed E-state index contributed by atoms with van der Waals surface area (Å²) in [7, 11) is 0. The first-order chi connectivity index (χ1) is 32.6. The Hall–Kier alpha value is -1.75. The van der Waals surface area contributed by atoms with E-state index in [1.807, 2.05) is 0 Å². The Morgan fingerprint density at radius 1 is 0.299 bits per heavy atom. The van der Waals surface area contributed by atoms with Gasteiger partial charge in [-0.15, -0.1) is 0 Å². The zero-order chi connectivity index (χ0) is 49.3. The van der Waals surface area contributed by atoms with Crippen molar-refractivity contribution in [2.75, 3.05) is 13.2 Å². The van der Waals surface area contributed by atoms with Gasteiger partial charge in [-0.3, -0.25) is 14.4 Å². The van der Waals surface area contributed by atoms with E-state index in [9.17, 15) is 34.8 Å². The van der Waals surface area contributed by atoms with Crippen LogP contribution < -0.4 is 0 Å². The van der Waals surface area contributed by atoms with Gasteiger partial charge in [-0.1, -0.05) is 213 Å². The van der Waals surface area contributed by atoms with Crippen molar-refractivity contribution in [1.82, 2.24) is 0 Å². The van der Waals surface area contributed by atoms with Gasteiger partial charge >= 0.3 is 17.9 Å². The Balaban J connectivity index is 4.48. The fourth-order valence-corrected chi connectivity index (χ4v) is 8.86. The molecule has 0 bridgehead atoms. The number of ether oxygens (including phenoxy) is 3. The van der Waals surface area contributed by atoms with Crippen LogP contribution in [0.5, 0.6) is 0 Å². The average molecular weight is 955 g/mol. The summed E-state index contributed by atoms with van der Waals surface area (Å²) in [5.74, 6) is -1.07. The predicted octanol–water partition coefficient (Wildman–Crippen LogP) is 14.7. The molecule has 0 fully saturated rings. The zero-order valence-corrected chi connectivity index (χ0v) is 44.2. The number of carbonyl (C=O) groups is 3. The summed E-state index contributed by atoms with van der Waals surface area (Å²) in [6.07, 6.45) is 41.0. The first kappa shape index (κ1) is 65.2. The highest BCUT2D eigenvalue weighted by atomic mass is 16.6. The lowest BCUT2D eigenvalue weighted by Gasteiger charge is -2.18. The molecule has 0 aliphatic carbocycles. The molecule has 0 aliphatic heterocycles. The molecule has 0 rings (SSSR count). The molecule has 0 saturated heterocycles. The molecule has 0 aromatic rings. The fraction of sp³-hybridized carbons (Fsp3) is 0.947. The standard InChI is InChI=1S/C57H110O10/c1-4-7-10-12-20-29-38-50(58)40-31-22-14-17-25-34-43-55(62)65-48-54(67-57(64)45-36-27-19-16-23-32-41-51(59)39-30-21-13-11-8-5-2)49-66-56(63)44-35-26-18-15-24-33-42-53(61)47-46-52(60)37-28-9-6-3/h50-54,58-61H,4-49H2,1-3H3. The second-order valence-corrected chi connectivity index (χ2v) is 20.3. The van der Waals surface area contributed by atoms with E-state index in [2.05, 4.69) is 20.8 Å². The fourth-order valence-electron chi connectivity index (χ4n) is 8.86. The maximum absolute atomic E-state index is 12.9. The number of unbranched alkanes of at least 4 members (excludes halogenated alkanes) is 27. The SMILES string of the molecule is CCCCCCCCC(O)CCCCCCCCC(=O)OCC(COC(=O)CCCCCCCCC(O)CCC(O)CCCCC)OC(=O)CCCCCCCCC(O)CCCCCCCC. The lowest BCUT2D eigenvalue weighted by Crippen LogP contribution is -2.30. The van der Waals surface area contributed by atoms with Gasteiger partial charge < -0.3 is 34.6 Å². The molecule has 398 valence electrons. The first-order valence-corrected chi connectivity index (χ1v) is 28.8. The number of rotatable bonds is 53. The molecule has 5 atom stereocenters. The van der Waals surface area contributed by atoms with E-state index in [1.54, 1.807) is 0 Å². The minimum atomic E-state index is -0.848. The smallest absolute Gasteiger partial charge is 0.306 e. The molecule has 0 aliphatic rings. The van der Waals surface area contributed by atoms with E-state index in [-0.39, 0.29) is 68.4 Å². The normalized spacial score (nSPS) is 13.8. The van der Waals surface area contributed by atoms with E-state index in [0.717, 1.165) is 173 Å². The number of hydrogen-bond donors (Lipinski definition) is 4. The van der Waals surface area contributed by atoms with Gasteiger partial charge in [0.25, 0.3) is 0 Å². The van der Waals surface area contributed by atoms with Crippen LogP contribution in [0.3, 0.4) is 0 Å². The third-order valence-corrected chi connectivity index (χ3v) is 13.4. The Morgan fingerprint density at radius 2 is 0.522 bits per heavy atom. The van der Waals surface area contributed by atoms with Crippen molar-refractivity contribution in [3.05, 3.63) is 0 Å². The summed E-state index contributed by atoms with van der Waals surface area (Å²) in [6, 6.07) is 0. The highest BCUT2D eigenvalue weighted by molar-refractivity contribution is 5.71. The van der Waals surface area contributed by atoms with Crippen molar-refractivity contribution in [3.63, 3.8) is 0 Å². The van der Waals surface area contributed by atoms with E-state index in [1.165, 1.54) is 64.2 Å². The van der Waals surface area contributed by atoms with Crippen LogP contribution in [-0.2, 0) is 28.6 Å². The summed E-state index contributed by atoms with van der Waals surface area (Å²) in [6.45, 7) is 6.33. The molecule has 4 N–H and O–H groups in total. The summed E-state index contributed by atoms with van der Waals surface area (Å²) in [5, 5.41) is 41.0. The van der Waals surface area contributed by atoms with Gasteiger partial charge in [0.05, 0.1) is 24.4 Å². The van der Waals surface area contributed by atoms with Crippen LogP contribution >= 0.6 is 0 Å². The molecule has 0 amide bonds. The van der Waals surface area contributed by atoms with Crippen LogP contribution in [0.2, 0.25) is 0 Å². The number of carbonyl (C=O) groups excluding carboxylic acids is 3. The van der Waals surface area contributed by atoms with E-state index in [0.29, 0.717) is 32.1 Å². The van der Waals surface area contributed by atoms with Crippen LogP contribution in [0.15, 0.2) is 0 Å². The summed E-state index contributed by atoms with van der Waals surface area (Å²) in [4.78, 5) is 38.2. The minimum Gasteiger partial charge on any atom is -0.462 e. The van der Waals surface area contributed by atoms with Crippen molar-refractivity contribution in [1.29, 1.82) is 0 Å². The van der Waals surface area contributed by atoms with E-state index in [4.69, 9.17) is 14.2 Å². The summed E-state index contributed by atoms with van der Waals surface area (Å²) < 4.78 is 16.7. The third-order valence-electron chi connectivity index (χ3n) is 13.4. The van der Waals surface area contributed by atoms with Crippen molar-refractivity contribution < 1.29 is 49.0 Å². The number of hydrogen-bond acceptors (Lipinski definition) is 10. The summed E-state index contributed by atoms with van der Waals surface area (Å²) >= 11 is 0. The van der Waals surface area contributed by atoms with Gasteiger partial charge in [0, 0.05) is 19.3 Å². The van der Waals surface area contributed by atoms with Crippen molar-refractivity contribution in [2.45, 2.75) is 334 Å². The summed E-state index contributed by atoms with van der Waals surface area (Å²) in [5.41, 5.74) is 0. The molecule has 0 heterocycles. The monoisotopic (exact) mass is 955 g/mol. The lowest BCUT2D eigenvalue weighted by atomic mass is 10.0. The number of esters is 3.